The van der Waals surface area contributed by atoms with Gasteiger partial charge in [-0.3, -0.25) is 4.79 Å². The molecule has 3 aliphatic rings. The summed E-state index contributed by atoms with van der Waals surface area (Å²) in [5.41, 5.74) is 5.93. The highest BCUT2D eigenvalue weighted by Gasteiger charge is 2.31. The molecule has 6 rings (SSSR count). The van der Waals surface area contributed by atoms with Gasteiger partial charge in [-0.15, -0.1) is 0 Å². The van der Waals surface area contributed by atoms with Crippen LogP contribution in [0.1, 0.15) is 70.8 Å². The summed E-state index contributed by atoms with van der Waals surface area (Å²) >= 11 is 0. The number of benzene rings is 1. The molecule has 35 heavy (non-hydrogen) atoms. The molecular weight excluding hydrogens is 438 g/mol. The Morgan fingerprint density at radius 2 is 1.91 bits per heavy atom. The number of piperazine rings is 1. The highest BCUT2D eigenvalue weighted by molar-refractivity contribution is 5.98. The van der Waals surface area contributed by atoms with Crippen molar-refractivity contribution in [2.45, 2.75) is 51.0 Å². The predicted molar refractivity (Wildman–Crippen MR) is 135 cm³/mol. The first kappa shape index (κ1) is 22.1. The quantitative estimate of drug-likeness (QED) is 0.610. The number of pyridine rings is 1. The highest BCUT2D eigenvalue weighted by atomic mass is 16.5. The van der Waals surface area contributed by atoms with E-state index in [9.17, 15) is 10.1 Å². The van der Waals surface area contributed by atoms with E-state index in [1.165, 1.54) is 32.1 Å². The van der Waals surface area contributed by atoms with Gasteiger partial charge in [0, 0.05) is 60.3 Å². The van der Waals surface area contributed by atoms with Gasteiger partial charge in [-0.2, -0.15) is 5.26 Å². The summed E-state index contributed by atoms with van der Waals surface area (Å²) in [5.74, 6) is 1.33. The third kappa shape index (κ3) is 4.06. The molecule has 0 atom stereocenters. The number of H-pyrrole nitrogens is 1. The SMILES string of the molecule is N#Cc1c(N2CCN(C(=O)c3ccc4[nH]ccc4c3)CC2)nc(C2CCCCC2)c2c1CCOC2. The topological polar surface area (TPSA) is 85.3 Å². The number of ether oxygens (including phenoxy) is 1. The third-order valence-electron chi connectivity index (χ3n) is 7.94. The molecule has 1 N–H and O–H groups in total. The van der Waals surface area contributed by atoms with Crippen LogP contribution in [-0.4, -0.2) is 53.6 Å². The number of nitrogens with one attached hydrogen (secondary N) is 1. The molecule has 2 aromatic heterocycles. The van der Waals surface area contributed by atoms with Crippen LogP contribution in [0.5, 0.6) is 0 Å². The van der Waals surface area contributed by atoms with Crippen molar-refractivity contribution < 1.29 is 9.53 Å². The summed E-state index contributed by atoms with van der Waals surface area (Å²) in [5, 5.41) is 11.2. The molecule has 0 unspecified atom stereocenters. The average molecular weight is 470 g/mol. The fourth-order valence-corrected chi connectivity index (χ4v) is 6.01. The molecule has 7 heteroatoms. The number of amides is 1. The third-order valence-corrected chi connectivity index (χ3v) is 7.94. The number of hydrogen-bond acceptors (Lipinski definition) is 5. The number of carbonyl (C=O) groups is 1. The van der Waals surface area contributed by atoms with Gasteiger partial charge in [0.2, 0.25) is 0 Å². The van der Waals surface area contributed by atoms with E-state index in [0.29, 0.717) is 50.9 Å². The molecule has 0 spiro atoms. The lowest BCUT2D eigenvalue weighted by molar-refractivity contribution is 0.0746. The van der Waals surface area contributed by atoms with E-state index in [2.05, 4.69) is 16.0 Å². The molecule has 1 saturated carbocycles. The van der Waals surface area contributed by atoms with Crippen LogP contribution in [0.2, 0.25) is 0 Å². The van der Waals surface area contributed by atoms with Crippen LogP contribution in [0.4, 0.5) is 5.82 Å². The molecule has 0 radical (unpaired) electrons. The Hall–Kier alpha value is -3.37. The summed E-state index contributed by atoms with van der Waals surface area (Å²) in [6.07, 6.45) is 8.78. The molecule has 1 saturated heterocycles. The molecule has 1 aromatic carbocycles. The minimum absolute atomic E-state index is 0.0618. The molecule has 0 bridgehead atoms. The van der Waals surface area contributed by atoms with E-state index >= 15 is 0 Å². The second kappa shape index (κ2) is 9.35. The van der Waals surface area contributed by atoms with Gasteiger partial charge in [0.15, 0.2) is 0 Å². The number of nitrogens with zero attached hydrogens (tertiary/aromatic N) is 4. The van der Waals surface area contributed by atoms with Crippen LogP contribution in [0.3, 0.4) is 0 Å². The van der Waals surface area contributed by atoms with E-state index < -0.39 is 0 Å². The van der Waals surface area contributed by atoms with Gasteiger partial charge >= 0.3 is 0 Å². The monoisotopic (exact) mass is 469 g/mol. The van der Waals surface area contributed by atoms with Crippen LogP contribution in [0, 0.1) is 11.3 Å². The Labute approximate surface area is 205 Å². The summed E-state index contributed by atoms with van der Waals surface area (Å²) in [7, 11) is 0. The molecule has 7 nitrogen and oxygen atoms in total. The fraction of sp³-hybridized carbons (Fsp3) is 0.464. The van der Waals surface area contributed by atoms with Crippen molar-refractivity contribution in [3.05, 3.63) is 58.4 Å². The molecule has 2 aliphatic heterocycles. The van der Waals surface area contributed by atoms with Gasteiger partial charge in [-0.25, -0.2) is 4.98 Å². The molecule has 1 aliphatic carbocycles. The van der Waals surface area contributed by atoms with Crippen molar-refractivity contribution in [2.24, 2.45) is 0 Å². The van der Waals surface area contributed by atoms with Gasteiger partial charge in [0.05, 0.1) is 24.5 Å². The summed E-state index contributed by atoms with van der Waals surface area (Å²) in [6.45, 7) is 3.82. The zero-order valence-corrected chi connectivity index (χ0v) is 20.1. The summed E-state index contributed by atoms with van der Waals surface area (Å²) < 4.78 is 5.81. The Balaban J connectivity index is 1.26. The van der Waals surface area contributed by atoms with Crippen LogP contribution in [-0.2, 0) is 17.8 Å². The van der Waals surface area contributed by atoms with Crippen molar-refractivity contribution >= 4 is 22.6 Å². The normalized spacial score (nSPS) is 18.9. The number of fused-ring (bicyclic) bond motifs is 2. The maximum Gasteiger partial charge on any atom is 0.253 e. The Kier molecular flexibility index (Phi) is 5.91. The van der Waals surface area contributed by atoms with E-state index in [1.807, 2.05) is 35.4 Å². The zero-order valence-electron chi connectivity index (χ0n) is 20.1. The van der Waals surface area contributed by atoms with Gasteiger partial charge in [-0.05, 0) is 49.1 Å². The largest absolute Gasteiger partial charge is 0.376 e. The Morgan fingerprint density at radius 3 is 2.71 bits per heavy atom. The lowest BCUT2D eigenvalue weighted by atomic mass is 9.82. The summed E-state index contributed by atoms with van der Waals surface area (Å²) in [4.78, 5) is 25.7. The van der Waals surface area contributed by atoms with Crippen LogP contribution < -0.4 is 4.90 Å². The minimum Gasteiger partial charge on any atom is -0.376 e. The van der Waals surface area contributed by atoms with E-state index in [0.717, 1.165) is 45.5 Å². The first-order valence-electron chi connectivity index (χ1n) is 12.9. The van der Waals surface area contributed by atoms with Crippen molar-refractivity contribution in [3.8, 4) is 6.07 Å². The smallest absolute Gasteiger partial charge is 0.253 e. The zero-order chi connectivity index (χ0) is 23.8. The molecular formula is C28H31N5O2. The fourth-order valence-electron chi connectivity index (χ4n) is 6.01. The number of nitriles is 1. The molecule has 180 valence electrons. The van der Waals surface area contributed by atoms with Crippen molar-refractivity contribution in [3.63, 3.8) is 0 Å². The number of anilines is 1. The lowest BCUT2D eigenvalue weighted by Gasteiger charge is -2.37. The average Bonchev–Trinajstić information content (AvgIpc) is 3.40. The maximum atomic E-state index is 13.2. The number of rotatable bonds is 3. The first-order chi connectivity index (χ1) is 17.2. The van der Waals surface area contributed by atoms with Gasteiger partial charge < -0.3 is 19.5 Å². The lowest BCUT2D eigenvalue weighted by Crippen LogP contribution is -2.49. The standard InChI is InChI=1S/C28H31N5O2/c29-17-23-22-9-15-35-18-24(22)26(19-4-2-1-3-5-19)31-27(23)32-11-13-33(14-12-32)28(34)21-6-7-25-20(16-21)8-10-30-25/h6-8,10,16,19,30H,1-5,9,11-15,18H2. The van der Waals surface area contributed by atoms with Crippen molar-refractivity contribution in [1.82, 2.24) is 14.9 Å². The first-order valence-corrected chi connectivity index (χ1v) is 12.9. The number of carbonyl (C=O) groups excluding carboxylic acids is 1. The maximum absolute atomic E-state index is 13.2. The van der Waals surface area contributed by atoms with Gasteiger partial charge in [-0.1, -0.05) is 19.3 Å². The highest BCUT2D eigenvalue weighted by Crippen LogP contribution is 2.39. The molecule has 1 amide bonds. The second-order valence-corrected chi connectivity index (χ2v) is 9.96. The number of aromatic amines is 1. The van der Waals surface area contributed by atoms with Gasteiger partial charge in [0.1, 0.15) is 11.9 Å². The van der Waals surface area contributed by atoms with Crippen LogP contribution >= 0.6 is 0 Å². The van der Waals surface area contributed by atoms with Crippen molar-refractivity contribution in [1.29, 1.82) is 5.26 Å². The predicted octanol–water partition coefficient (Wildman–Crippen LogP) is 4.52. The van der Waals surface area contributed by atoms with Crippen LogP contribution in [0.15, 0.2) is 30.5 Å². The van der Waals surface area contributed by atoms with E-state index in [4.69, 9.17) is 9.72 Å². The molecule has 4 heterocycles. The molecule has 3 aromatic rings. The second-order valence-electron chi connectivity index (χ2n) is 9.96. The minimum atomic E-state index is 0.0618. The number of aromatic nitrogens is 2. The summed E-state index contributed by atoms with van der Waals surface area (Å²) in [6, 6.07) is 10.3. The van der Waals surface area contributed by atoms with E-state index in [-0.39, 0.29) is 5.91 Å². The Morgan fingerprint density at radius 1 is 1.09 bits per heavy atom. The number of hydrogen-bond donors (Lipinski definition) is 1. The molecule has 2 fully saturated rings. The Bertz CT molecular complexity index is 1290. The van der Waals surface area contributed by atoms with E-state index in [1.54, 1.807) is 0 Å². The van der Waals surface area contributed by atoms with Crippen molar-refractivity contribution in [2.75, 3.05) is 37.7 Å². The van der Waals surface area contributed by atoms with Crippen LogP contribution in [0.25, 0.3) is 10.9 Å². The van der Waals surface area contributed by atoms with Gasteiger partial charge in [0.25, 0.3) is 5.91 Å².